The normalized spacial score (nSPS) is 27.2. The zero-order valence-electron chi connectivity index (χ0n) is 16.5. The van der Waals surface area contributed by atoms with E-state index in [0.717, 1.165) is 22.1 Å². The summed E-state index contributed by atoms with van der Waals surface area (Å²) in [7, 11) is 0. The van der Waals surface area contributed by atoms with E-state index in [1.54, 1.807) is 24.3 Å². The second-order valence-corrected chi connectivity index (χ2v) is 8.79. The Balaban J connectivity index is 1.66. The van der Waals surface area contributed by atoms with E-state index in [2.05, 4.69) is 0 Å². The van der Waals surface area contributed by atoms with Crippen LogP contribution in [0.15, 0.2) is 66.7 Å². The Labute approximate surface area is 187 Å². The first-order valence-corrected chi connectivity index (χ1v) is 10.5. The number of imide groups is 1. The molecule has 32 heavy (non-hydrogen) atoms. The predicted molar refractivity (Wildman–Crippen MR) is 114 cm³/mol. The highest BCUT2D eigenvalue weighted by atomic mass is 35.5. The first kappa shape index (κ1) is 19.2. The number of carbonyl (C=O) groups excluding carboxylic acids is 2. The van der Waals surface area contributed by atoms with Crippen LogP contribution in [0.1, 0.15) is 28.2 Å². The zero-order valence-corrected chi connectivity index (χ0v) is 17.2. The van der Waals surface area contributed by atoms with Gasteiger partial charge in [0.15, 0.2) is 0 Å². The van der Waals surface area contributed by atoms with Crippen LogP contribution in [0.3, 0.4) is 0 Å². The Morgan fingerprint density at radius 2 is 1.53 bits per heavy atom. The minimum absolute atomic E-state index is 0.133. The fourth-order valence-electron chi connectivity index (χ4n) is 6.01. The quantitative estimate of drug-likeness (QED) is 0.600. The number of carbonyl (C=O) groups is 3. The van der Waals surface area contributed by atoms with Crippen LogP contribution in [0, 0.1) is 17.7 Å². The van der Waals surface area contributed by atoms with Crippen molar-refractivity contribution in [3.63, 3.8) is 0 Å². The highest BCUT2D eigenvalue weighted by molar-refractivity contribution is 6.32. The van der Waals surface area contributed by atoms with Crippen molar-refractivity contribution in [3.8, 4) is 0 Å². The third kappa shape index (κ3) is 2.06. The van der Waals surface area contributed by atoms with Gasteiger partial charge in [-0.25, -0.2) is 9.29 Å². The summed E-state index contributed by atoms with van der Waals surface area (Å²) >= 11 is 5.92. The third-order valence-electron chi connectivity index (χ3n) is 7.12. The van der Waals surface area contributed by atoms with Crippen molar-refractivity contribution in [2.45, 2.75) is 11.3 Å². The highest BCUT2D eigenvalue weighted by Crippen LogP contribution is 2.64. The molecule has 4 aliphatic rings. The van der Waals surface area contributed by atoms with E-state index in [-0.39, 0.29) is 10.7 Å². The van der Waals surface area contributed by atoms with Crippen LogP contribution in [0.4, 0.5) is 10.1 Å². The van der Waals surface area contributed by atoms with Crippen LogP contribution < -0.4 is 4.90 Å². The Hall–Kier alpha value is -3.51. The molecule has 0 unspecified atom stereocenters. The summed E-state index contributed by atoms with van der Waals surface area (Å²) in [5.41, 5.74) is 1.01. The molecule has 1 fully saturated rings. The van der Waals surface area contributed by atoms with Gasteiger partial charge in [-0.15, -0.1) is 0 Å². The number of halogens is 2. The smallest absolute Gasteiger partial charge is 0.319 e. The third-order valence-corrected chi connectivity index (χ3v) is 7.41. The molecule has 1 saturated heterocycles. The van der Waals surface area contributed by atoms with Crippen molar-refractivity contribution in [1.82, 2.24) is 0 Å². The number of anilines is 1. The molecule has 2 bridgehead atoms. The number of hydrogen-bond donors (Lipinski definition) is 1. The van der Waals surface area contributed by atoms with E-state index in [4.69, 9.17) is 11.6 Å². The van der Waals surface area contributed by atoms with E-state index in [1.165, 1.54) is 12.1 Å². The molecule has 3 aliphatic carbocycles. The molecule has 0 aromatic heterocycles. The van der Waals surface area contributed by atoms with Gasteiger partial charge in [0.05, 0.1) is 22.5 Å². The molecule has 0 radical (unpaired) electrons. The molecule has 3 aromatic carbocycles. The second-order valence-electron chi connectivity index (χ2n) is 8.38. The van der Waals surface area contributed by atoms with Crippen LogP contribution in [0.5, 0.6) is 0 Å². The fraction of sp³-hybridized carbons (Fsp3) is 0.160. The first-order chi connectivity index (χ1) is 15.4. The van der Waals surface area contributed by atoms with Gasteiger partial charge in [-0.1, -0.05) is 60.1 Å². The molecule has 7 heteroatoms. The molecule has 1 N–H and O–H groups in total. The summed E-state index contributed by atoms with van der Waals surface area (Å²) in [5.74, 6) is -5.41. The van der Waals surface area contributed by atoms with Gasteiger partial charge in [0, 0.05) is 5.92 Å². The molecule has 1 aliphatic heterocycles. The van der Waals surface area contributed by atoms with Crippen molar-refractivity contribution in [1.29, 1.82) is 0 Å². The number of benzene rings is 3. The molecule has 2 amide bonds. The zero-order chi connectivity index (χ0) is 22.4. The van der Waals surface area contributed by atoms with Crippen molar-refractivity contribution < 1.29 is 23.9 Å². The Bertz CT molecular complexity index is 1320. The lowest BCUT2D eigenvalue weighted by atomic mass is 9.47. The maximum absolute atomic E-state index is 13.8. The van der Waals surface area contributed by atoms with E-state index in [9.17, 15) is 23.9 Å². The summed E-state index contributed by atoms with van der Waals surface area (Å²) in [6.07, 6.45) is 0. The Kier molecular flexibility index (Phi) is 3.76. The number of nitrogens with zero attached hydrogens (tertiary/aromatic N) is 1. The molecule has 1 heterocycles. The van der Waals surface area contributed by atoms with Gasteiger partial charge in [0.25, 0.3) is 0 Å². The molecule has 0 spiro atoms. The van der Waals surface area contributed by atoms with Gasteiger partial charge in [-0.2, -0.15) is 0 Å². The van der Waals surface area contributed by atoms with Crippen molar-refractivity contribution >= 4 is 35.1 Å². The number of carboxylic acids is 1. The Morgan fingerprint density at radius 3 is 2.09 bits per heavy atom. The second kappa shape index (κ2) is 6.26. The minimum atomic E-state index is -1.70. The van der Waals surface area contributed by atoms with Crippen molar-refractivity contribution in [2.75, 3.05) is 4.90 Å². The predicted octanol–water partition coefficient (Wildman–Crippen LogP) is 4.11. The largest absolute Gasteiger partial charge is 0.480 e. The minimum Gasteiger partial charge on any atom is -0.480 e. The van der Waals surface area contributed by atoms with Gasteiger partial charge < -0.3 is 5.11 Å². The lowest BCUT2D eigenvalue weighted by molar-refractivity contribution is -0.149. The lowest BCUT2D eigenvalue weighted by Gasteiger charge is -2.51. The lowest BCUT2D eigenvalue weighted by Crippen LogP contribution is -2.57. The molecule has 3 aromatic rings. The van der Waals surface area contributed by atoms with Gasteiger partial charge in [0.2, 0.25) is 11.8 Å². The monoisotopic (exact) mass is 447 g/mol. The summed E-state index contributed by atoms with van der Waals surface area (Å²) in [6, 6.07) is 17.9. The summed E-state index contributed by atoms with van der Waals surface area (Å²) in [6.45, 7) is 0. The number of hydrogen-bond acceptors (Lipinski definition) is 3. The molecular formula is C25H15ClFNO4. The SMILES string of the molecule is O=C1[C@H]2C3c4ccccc4C(C(=O)O)(c4ccccc43)[C@H]2C(=O)N1c1ccc(F)c(Cl)c1. The fourth-order valence-corrected chi connectivity index (χ4v) is 6.19. The molecule has 2 atom stereocenters. The van der Waals surface area contributed by atoms with Gasteiger partial charge in [-0.05, 0) is 40.5 Å². The molecule has 7 rings (SSSR count). The number of carboxylic acid groups (broad SMARTS) is 1. The first-order valence-electron chi connectivity index (χ1n) is 10.1. The number of rotatable bonds is 2. The summed E-state index contributed by atoms with van der Waals surface area (Å²) < 4.78 is 13.7. The topological polar surface area (TPSA) is 74.7 Å². The van der Waals surface area contributed by atoms with Crippen LogP contribution in [-0.2, 0) is 19.8 Å². The molecule has 5 nitrogen and oxygen atoms in total. The van der Waals surface area contributed by atoms with Crippen LogP contribution >= 0.6 is 11.6 Å². The van der Waals surface area contributed by atoms with Crippen LogP contribution in [0.2, 0.25) is 5.02 Å². The molecule has 0 saturated carbocycles. The van der Waals surface area contributed by atoms with E-state index in [1.807, 2.05) is 24.3 Å². The van der Waals surface area contributed by atoms with E-state index < -0.39 is 46.8 Å². The van der Waals surface area contributed by atoms with E-state index in [0.29, 0.717) is 11.1 Å². The standard InChI is InChI=1S/C25H15ClFNO4/c26-17-11-12(9-10-18(17)27)28-22(29)20-19-13-5-1-3-7-15(13)25(24(31)32,21(20)23(28)30)16-8-4-2-6-14(16)19/h1-11,19-21H,(H,31,32)/t19?,20-,21+,25?/m0/s1. The van der Waals surface area contributed by atoms with Crippen LogP contribution in [0.25, 0.3) is 0 Å². The number of amides is 2. The van der Waals surface area contributed by atoms with Gasteiger partial charge in [0.1, 0.15) is 11.2 Å². The van der Waals surface area contributed by atoms with Crippen LogP contribution in [-0.4, -0.2) is 22.9 Å². The summed E-state index contributed by atoms with van der Waals surface area (Å²) in [4.78, 5) is 41.5. The Morgan fingerprint density at radius 1 is 0.938 bits per heavy atom. The summed E-state index contributed by atoms with van der Waals surface area (Å²) in [5, 5.41) is 10.4. The molecular weight excluding hydrogens is 433 g/mol. The van der Waals surface area contributed by atoms with Crippen molar-refractivity contribution in [3.05, 3.63) is 99.8 Å². The highest BCUT2D eigenvalue weighted by Gasteiger charge is 2.71. The maximum atomic E-state index is 13.8. The number of aliphatic carboxylic acids is 1. The van der Waals surface area contributed by atoms with Gasteiger partial charge >= 0.3 is 5.97 Å². The van der Waals surface area contributed by atoms with Gasteiger partial charge in [-0.3, -0.25) is 14.4 Å². The van der Waals surface area contributed by atoms with E-state index >= 15 is 0 Å². The maximum Gasteiger partial charge on any atom is 0.319 e. The van der Waals surface area contributed by atoms with Crippen molar-refractivity contribution in [2.24, 2.45) is 11.8 Å². The average molecular weight is 448 g/mol. The molecule has 158 valence electrons. The average Bonchev–Trinajstić information content (AvgIpc) is 3.06.